The molecule has 1 rings (SSSR count). The van der Waals surface area contributed by atoms with Crippen molar-refractivity contribution in [3.8, 4) is 0 Å². The van der Waals surface area contributed by atoms with Gasteiger partial charge in [-0.3, -0.25) is 4.79 Å². The number of unbranched alkanes of at least 4 members (excludes halogenated alkanes) is 5. The molecule has 4 heteroatoms. The van der Waals surface area contributed by atoms with E-state index in [0.29, 0.717) is 12.8 Å². The van der Waals surface area contributed by atoms with Gasteiger partial charge < -0.3 is 14.9 Å². The highest BCUT2D eigenvalue weighted by molar-refractivity contribution is 5.73. The SMILES string of the molecule is CCCCCC[C@H](C(=O)OCc1ccccc1)[C@H](O)C[C@@H](O)CCCCC. The van der Waals surface area contributed by atoms with Gasteiger partial charge in [0.25, 0.3) is 0 Å². The van der Waals surface area contributed by atoms with Gasteiger partial charge in [-0.1, -0.05) is 89.1 Å². The minimum Gasteiger partial charge on any atom is -0.461 e. The van der Waals surface area contributed by atoms with Gasteiger partial charge in [-0.25, -0.2) is 0 Å². The lowest BCUT2D eigenvalue weighted by molar-refractivity contribution is -0.155. The fraction of sp³-hybridized carbons (Fsp3) is 0.696. The van der Waals surface area contributed by atoms with E-state index < -0.39 is 18.1 Å². The lowest BCUT2D eigenvalue weighted by atomic mass is 9.90. The average molecular weight is 379 g/mol. The van der Waals surface area contributed by atoms with Crippen LogP contribution in [-0.2, 0) is 16.1 Å². The summed E-state index contributed by atoms with van der Waals surface area (Å²) in [6.07, 6.45) is 7.41. The number of ether oxygens (including phenoxy) is 1. The van der Waals surface area contributed by atoms with Crippen molar-refractivity contribution in [3.05, 3.63) is 35.9 Å². The van der Waals surface area contributed by atoms with Crippen LogP contribution in [0.2, 0.25) is 0 Å². The third kappa shape index (κ3) is 10.5. The summed E-state index contributed by atoms with van der Waals surface area (Å²) in [6, 6.07) is 9.57. The van der Waals surface area contributed by atoms with Crippen LogP contribution < -0.4 is 0 Å². The predicted molar refractivity (Wildman–Crippen MR) is 109 cm³/mol. The van der Waals surface area contributed by atoms with Gasteiger partial charge in [0.2, 0.25) is 0 Å². The van der Waals surface area contributed by atoms with Crippen molar-refractivity contribution in [2.75, 3.05) is 0 Å². The second-order valence-electron chi connectivity index (χ2n) is 7.50. The van der Waals surface area contributed by atoms with Crippen LogP contribution in [0.25, 0.3) is 0 Å². The highest BCUT2D eigenvalue weighted by Crippen LogP contribution is 2.22. The Bertz CT molecular complexity index is 488. The summed E-state index contributed by atoms with van der Waals surface area (Å²) >= 11 is 0. The Morgan fingerprint density at radius 1 is 0.926 bits per heavy atom. The molecule has 0 unspecified atom stereocenters. The molecule has 0 bridgehead atoms. The van der Waals surface area contributed by atoms with Crippen molar-refractivity contribution in [2.24, 2.45) is 5.92 Å². The first-order valence-corrected chi connectivity index (χ1v) is 10.6. The number of carbonyl (C=O) groups excluding carboxylic acids is 1. The van der Waals surface area contributed by atoms with Crippen molar-refractivity contribution >= 4 is 5.97 Å². The zero-order chi connectivity index (χ0) is 19.9. The molecule has 154 valence electrons. The summed E-state index contributed by atoms with van der Waals surface area (Å²) < 4.78 is 5.47. The number of hydrogen-bond acceptors (Lipinski definition) is 4. The van der Waals surface area contributed by atoms with Gasteiger partial charge in [-0.15, -0.1) is 0 Å². The number of benzene rings is 1. The number of esters is 1. The Balaban J connectivity index is 2.56. The molecule has 0 aromatic heterocycles. The summed E-state index contributed by atoms with van der Waals surface area (Å²) in [5, 5.41) is 20.8. The summed E-state index contributed by atoms with van der Waals surface area (Å²) in [6.45, 7) is 4.49. The van der Waals surface area contributed by atoms with E-state index in [0.717, 1.165) is 50.5 Å². The molecule has 0 aliphatic carbocycles. The van der Waals surface area contributed by atoms with E-state index in [1.165, 1.54) is 0 Å². The number of rotatable bonds is 15. The summed E-state index contributed by atoms with van der Waals surface area (Å²) in [5.41, 5.74) is 0.935. The second-order valence-corrected chi connectivity index (χ2v) is 7.50. The van der Waals surface area contributed by atoms with E-state index in [2.05, 4.69) is 13.8 Å². The Morgan fingerprint density at radius 2 is 1.56 bits per heavy atom. The smallest absolute Gasteiger partial charge is 0.311 e. The van der Waals surface area contributed by atoms with Crippen LogP contribution >= 0.6 is 0 Å². The van der Waals surface area contributed by atoms with Gasteiger partial charge in [0.05, 0.1) is 18.1 Å². The minimum atomic E-state index is -0.855. The topological polar surface area (TPSA) is 66.8 Å². The molecule has 0 aliphatic rings. The molecule has 4 nitrogen and oxygen atoms in total. The van der Waals surface area contributed by atoms with Gasteiger partial charge in [0.15, 0.2) is 0 Å². The van der Waals surface area contributed by atoms with Gasteiger partial charge in [0.1, 0.15) is 6.61 Å². The fourth-order valence-corrected chi connectivity index (χ4v) is 3.28. The van der Waals surface area contributed by atoms with Crippen molar-refractivity contribution in [3.63, 3.8) is 0 Å². The largest absolute Gasteiger partial charge is 0.461 e. The molecule has 0 radical (unpaired) electrons. The zero-order valence-corrected chi connectivity index (χ0v) is 17.1. The van der Waals surface area contributed by atoms with Crippen LogP contribution in [0.5, 0.6) is 0 Å². The summed E-state index contributed by atoms with van der Waals surface area (Å²) in [5.74, 6) is -0.921. The minimum absolute atomic E-state index is 0.219. The van der Waals surface area contributed by atoms with Gasteiger partial charge in [-0.2, -0.15) is 0 Å². The van der Waals surface area contributed by atoms with Crippen molar-refractivity contribution in [1.29, 1.82) is 0 Å². The first kappa shape index (κ1) is 23.6. The molecule has 2 N–H and O–H groups in total. The van der Waals surface area contributed by atoms with Crippen LogP contribution in [0.4, 0.5) is 0 Å². The molecular formula is C23H38O4. The third-order valence-corrected chi connectivity index (χ3v) is 5.01. The van der Waals surface area contributed by atoms with Crippen molar-refractivity contribution < 1.29 is 19.7 Å². The molecule has 1 aromatic carbocycles. The van der Waals surface area contributed by atoms with E-state index in [9.17, 15) is 15.0 Å². The monoisotopic (exact) mass is 378 g/mol. The maximum atomic E-state index is 12.6. The molecular weight excluding hydrogens is 340 g/mol. The van der Waals surface area contributed by atoms with Gasteiger partial charge in [-0.05, 0) is 18.4 Å². The Kier molecular flexibility index (Phi) is 12.8. The molecule has 0 fully saturated rings. The molecule has 3 atom stereocenters. The Hall–Kier alpha value is -1.39. The van der Waals surface area contributed by atoms with E-state index in [1.54, 1.807) is 0 Å². The molecule has 27 heavy (non-hydrogen) atoms. The molecule has 0 spiro atoms. The number of hydrogen-bond donors (Lipinski definition) is 2. The van der Waals surface area contributed by atoms with Crippen LogP contribution in [0.3, 0.4) is 0 Å². The number of carbonyl (C=O) groups is 1. The lowest BCUT2D eigenvalue weighted by Gasteiger charge is -2.24. The molecule has 0 heterocycles. The van der Waals surface area contributed by atoms with Crippen LogP contribution in [0.15, 0.2) is 30.3 Å². The van der Waals surface area contributed by atoms with Crippen LogP contribution in [0.1, 0.15) is 83.6 Å². The standard InChI is InChI=1S/C23H38O4/c1-3-5-7-12-16-21(22(25)17-20(24)15-9-6-4-2)23(26)27-18-19-13-10-8-11-14-19/h8,10-11,13-14,20-22,24-25H,3-7,9,12,15-18H2,1-2H3/t20-,21-,22+/m0/s1. The number of aliphatic hydroxyl groups excluding tert-OH is 2. The van der Waals surface area contributed by atoms with Gasteiger partial charge >= 0.3 is 5.97 Å². The molecule has 1 aromatic rings. The quantitative estimate of drug-likeness (QED) is 0.333. The van der Waals surface area contributed by atoms with E-state index in [4.69, 9.17) is 4.74 Å². The maximum absolute atomic E-state index is 12.6. The molecule has 0 aliphatic heterocycles. The normalized spacial score (nSPS) is 14.5. The van der Waals surface area contributed by atoms with E-state index >= 15 is 0 Å². The maximum Gasteiger partial charge on any atom is 0.311 e. The zero-order valence-electron chi connectivity index (χ0n) is 17.1. The van der Waals surface area contributed by atoms with E-state index in [-0.39, 0.29) is 19.0 Å². The average Bonchev–Trinajstić information content (AvgIpc) is 2.67. The lowest BCUT2D eigenvalue weighted by Crippen LogP contribution is -2.33. The van der Waals surface area contributed by atoms with Gasteiger partial charge in [0, 0.05) is 6.42 Å². The molecule has 0 amide bonds. The molecule has 0 saturated heterocycles. The molecule has 0 saturated carbocycles. The highest BCUT2D eigenvalue weighted by Gasteiger charge is 2.29. The Labute approximate surface area is 164 Å². The van der Waals surface area contributed by atoms with Crippen LogP contribution in [-0.4, -0.2) is 28.4 Å². The number of aliphatic hydroxyl groups is 2. The Morgan fingerprint density at radius 3 is 2.22 bits per heavy atom. The van der Waals surface area contributed by atoms with Crippen molar-refractivity contribution in [2.45, 2.75) is 96.9 Å². The highest BCUT2D eigenvalue weighted by atomic mass is 16.5. The second kappa shape index (κ2) is 14.6. The van der Waals surface area contributed by atoms with E-state index in [1.807, 2.05) is 30.3 Å². The first-order chi connectivity index (χ1) is 13.1. The summed E-state index contributed by atoms with van der Waals surface area (Å²) in [7, 11) is 0. The third-order valence-electron chi connectivity index (χ3n) is 5.01. The fourth-order valence-electron chi connectivity index (χ4n) is 3.28. The first-order valence-electron chi connectivity index (χ1n) is 10.6. The van der Waals surface area contributed by atoms with Crippen LogP contribution in [0, 0.1) is 5.92 Å². The summed E-state index contributed by atoms with van der Waals surface area (Å²) in [4.78, 5) is 12.6. The predicted octanol–water partition coefficient (Wildman–Crippen LogP) is 5.01. The van der Waals surface area contributed by atoms with Crippen molar-refractivity contribution in [1.82, 2.24) is 0 Å².